The fourth-order valence-electron chi connectivity index (χ4n) is 11.5. The van der Waals surface area contributed by atoms with Gasteiger partial charge in [-0.05, 0) is 0 Å². The fourth-order valence-corrected chi connectivity index (χ4v) is 11.5. The Morgan fingerprint density at radius 3 is 0.956 bits per heavy atom. The highest BCUT2D eigenvalue weighted by Crippen LogP contribution is 2.38. The molecule has 7 aliphatic heterocycles. The van der Waals surface area contributed by atoms with Crippen molar-refractivity contribution in [2.75, 3.05) is 46.2 Å². The number of nitrogens with one attached hydrogen (secondary N) is 4. The zero-order valence-electron chi connectivity index (χ0n) is 48.6. The van der Waals surface area contributed by atoms with Crippen LogP contribution in [-0.4, -0.2) is 382 Å². The number of rotatable bonds is 23. The van der Waals surface area contributed by atoms with E-state index in [9.17, 15) is 116 Å². The third-order valence-corrected chi connectivity index (χ3v) is 16.1. The standard InChI is InChI=1S/C50H84N4O36/c1-12(61)51-23-31(69)39(86-48-36(74)34(72)27(65)16(5-55)80-48)19(8-58)82-45(23)78-11-22-30(68)43(90-47-25(53-14(3)63)33(71)40(20(9-59)84-47)87-49-37(75)35(73)28(66)17(6-56)81-49)38(76)50(85-22)88-41-21(10-60)83-46(24(32(41)70)52-13(2)62)89-42-26(54-15(4)64)44(77)79-18(7-57)29(42)67/h16-50,55-60,65-77H,5-11H2,1-4H3,(H,51,61)(H,52,62)(H,53,63)(H,54,64)/t16-,17-,18-,19-,20-,21-,22-,23-,24-,25-,26-,27+,28+,29+,30+,31-,32-,33-,34+,35+,36-,37-,38-,39-,40-,41-,42-,43+,44?,45-,46+,47+,48+,49+,50+/m1/s1. The summed E-state index contributed by atoms with van der Waals surface area (Å²) >= 11 is 0. The van der Waals surface area contributed by atoms with Gasteiger partial charge in [0.1, 0.15) is 171 Å². The maximum absolute atomic E-state index is 12.8. The van der Waals surface area contributed by atoms with E-state index in [1.165, 1.54) is 0 Å². The number of ether oxygens (including phenoxy) is 13. The summed E-state index contributed by atoms with van der Waals surface area (Å²) in [6.45, 7) is -2.97. The second-order valence-corrected chi connectivity index (χ2v) is 22.5. The minimum Gasteiger partial charge on any atom is -0.394 e. The zero-order valence-corrected chi connectivity index (χ0v) is 48.6. The van der Waals surface area contributed by atoms with E-state index in [4.69, 9.17) is 61.6 Å². The third-order valence-electron chi connectivity index (χ3n) is 16.1. The van der Waals surface area contributed by atoms with Crippen molar-refractivity contribution in [3.05, 3.63) is 0 Å². The molecule has 7 fully saturated rings. The third kappa shape index (κ3) is 16.4. The van der Waals surface area contributed by atoms with Crippen LogP contribution in [0.15, 0.2) is 0 Å². The van der Waals surface area contributed by atoms with Crippen LogP contribution in [0, 0.1) is 0 Å². The van der Waals surface area contributed by atoms with Gasteiger partial charge in [0.25, 0.3) is 0 Å². The number of aliphatic hydroxyl groups excluding tert-OH is 19. The van der Waals surface area contributed by atoms with E-state index in [1.54, 1.807) is 0 Å². The molecule has 40 heteroatoms. The lowest BCUT2D eigenvalue weighted by atomic mass is 9.93. The van der Waals surface area contributed by atoms with Gasteiger partial charge in [-0.3, -0.25) is 19.2 Å². The Morgan fingerprint density at radius 2 is 0.578 bits per heavy atom. The van der Waals surface area contributed by atoms with Gasteiger partial charge in [0.15, 0.2) is 44.0 Å². The van der Waals surface area contributed by atoms with E-state index in [0.717, 1.165) is 27.7 Å². The van der Waals surface area contributed by atoms with Gasteiger partial charge in [-0.2, -0.15) is 0 Å². The van der Waals surface area contributed by atoms with Gasteiger partial charge < -0.3 is 180 Å². The molecule has 0 aromatic rings. The molecule has 0 radical (unpaired) electrons. The Balaban J connectivity index is 1.21. The number of carbonyl (C=O) groups is 4. The summed E-state index contributed by atoms with van der Waals surface area (Å²) in [4.78, 5) is 50.6. The summed E-state index contributed by atoms with van der Waals surface area (Å²) in [5.41, 5.74) is 0. The quantitative estimate of drug-likeness (QED) is 0.0452. The van der Waals surface area contributed by atoms with Gasteiger partial charge in [0, 0.05) is 27.7 Å². The van der Waals surface area contributed by atoms with Crippen LogP contribution in [0.1, 0.15) is 27.7 Å². The highest BCUT2D eigenvalue weighted by atomic mass is 16.8. The molecule has 0 aromatic carbocycles. The zero-order chi connectivity index (χ0) is 66.5. The topological polar surface area (TPSA) is 621 Å². The summed E-state index contributed by atoms with van der Waals surface area (Å²) in [6, 6.07) is -7.07. The van der Waals surface area contributed by atoms with E-state index < -0.39 is 285 Å². The molecule has 0 saturated carbocycles. The molecule has 7 aliphatic rings. The average molecular weight is 1320 g/mol. The lowest BCUT2D eigenvalue weighted by Crippen LogP contribution is -2.71. The molecule has 7 saturated heterocycles. The van der Waals surface area contributed by atoms with E-state index in [1.807, 2.05) is 0 Å². The second-order valence-electron chi connectivity index (χ2n) is 22.5. The molecule has 35 atom stereocenters. The van der Waals surface area contributed by atoms with Gasteiger partial charge in [-0.1, -0.05) is 0 Å². The molecule has 23 N–H and O–H groups in total. The number of amides is 4. The first kappa shape index (κ1) is 74.0. The van der Waals surface area contributed by atoms with Crippen molar-refractivity contribution >= 4 is 23.6 Å². The van der Waals surface area contributed by atoms with Crippen LogP contribution in [0.2, 0.25) is 0 Å². The molecule has 4 amide bonds. The molecule has 0 aromatic heterocycles. The van der Waals surface area contributed by atoms with Crippen molar-refractivity contribution in [1.82, 2.24) is 21.3 Å². The minimum absolute atomic E-state index is 0.771. The van der Waals surface area contributed by atoms with Crippen molar-refractivity contribution in [3.63, 3.8) is 0 Å². The first-order valence-corrected chi connectivity index (χ1v) is 28.6. The molecule has 0 bridgehead atoms. The summed E-state index contributed by atoms with van der Waals surface area (Å²) in [5.74, 6) is -3.41. The highest BCUT2D eigenvalue weighted by molar-refractivity contribution is 5.74. The average Bonchev–Trinajstić information content (AvgIpc) is 0.893. The molecule has 40 nitrogen and oxygen atoms in total. The maximum atomic E-state index is 12.8. The summed E-state index contributed by atoms with van der Waals surface area (Å²) in [6.07, 6.45) is -60.2. The number of carbonyl (C=O) groups excluding carboxylic acids is 4. The second kappa shape index (κ2) is 32.4. The van der Waals surface area contributed by atoms with Crippen LogP contribution in [0.4, 0.5) is 0 Å². The molecular weight excluding hydrogens is 1230 g/mol. The van der Waals surface area contributed by atoms with Crippen LogP contribution in [0.3, 0.4) is 0 Å². The van der Waals surface area contributed by atoms with Crippen LogP contribution < -0.4 is 21.3 Å². The Bertz CT molecular complexity index is 2310. The number of hydrogen-bond donors (Lipinski definition) is 23. The number of aliphatic hydroxyl groups is 19. The SMILES string of the molecule is CC(=O)N[C@H]1[C@H](OC[C@H]2O[C@@H](O[C@H]3[C@H](O)[C@@H](NC(C)=O)[C@H](O[C@H]4[C@@H](O)[C@@H](CO)OC(O)[C@@H]4NC(C)=O)O[C@@H]3CO)[C@H](O)[C@@H](O[C@@H]3O[C@H](CO)[C@@H](O[C@@H]4O[C@H](CO)[C@H](O)[C@H](O)[C@H]4O)[C@H](O)[C@H]3NC(C)=O)[C@H]2O)O[C@H](CO)[C@@H](O[C@@H]2O[C@H](CO)[C@H](O)[C@H](O)[C@H]2O)[C@@H]1O. The van der Waals surface area contributed by atoms with Gasteiger partial charge in [-0.25, -0.2) is 0 Å². The van der Waals surface area contributed by atoms with Crippen LogP contribution in [0.25, 0.3) is 0 Å². The van der Waals surface area contributed by atoms with Crippen LogP contribution in [-0.2, 0) is 80.8 Å². The van der Waals surface area contributed by atoms with Gasteiger partial charge >= 0.3 is 0 Å². The molecular formula is C50H84N4O36. The molecule has 7 rings (SSSR count). The molecule has 0 aliphatic carbocycles. The van der Waals surface area contributed by atoms with Gasteiger partial charge in [-0.15, -0.1) is 0 Å². The molecule has 7 heterocycles. The highest BCUT2D eigenvalue weighted by Gasteiger charge is 2.59. The first-order chi connectivity index (χ1) is 42.5. The Labute approximate surface area is 510 Å². The van der Waals surface area contributed by atoms with Crippen molar-refractivity contribution < 1.29 is 178 Å². The van der Waals surface area contributed by atoms with E-state index in [-0.39, 0.29) is 0 Å². The normalized spacial score (nSPS) is 47.6. The lowest BCUT2D eigenvalue weighted by Gasteiger charge is -2.51. The fraction of sp³-hybridized carbons (Fsp3) is 0.920. The van der Waals surface area contributed by atoms with E-state index >= 15 is 0 Å². The van der Waals surface area contributed by atoms with Crippen LogP contribution >= 0.6 is 0 Å². The Hall–Kier alpha value is -3.40. The smallest absolute Gasteiger partial charge is 0.217 e. The van der Waals surface area contributed by atoms with Crippen molar-refractivity contribution in [2.45, 2.75) is 242 Å². The Kier molecular flexibility index (Phi) is 26.6. The molecule has 90 heavy (non-hydrogen) atoms. The van der Waals surface area contributed by atoms with Gasteiger partial charge in [0.05, 0.1) is 46.2 Å². The predicted octanol–water partition coefficient (Wildman–Crippen LogP) is -15.7. The van der Waals surface area contributed by atoms with Gasteiger partial charge in [0.2, 0.25) is 23.6 Å². The molecule has 520 valence electrons. The van der Waals surface area contributed by atoms with E-state index in [0.29, 0.717) is 0 Å². The maximum Gasteiger partial charge on any atom is 0.217 e. The van der Waals surface area contributed by atoms with Crippen molar-refractivity contribution in [3.8, 4) is 0 Å². The van der Waals surface area contributed by atoms with E-state index in [2.05, 4.69) is 21.3 Å². The number of hydrogen-bond acceptors (Lipinski definition) is 36. The largest absolute Gasteiger partial charge is 0.394 e. The predicted molar refractivity (Wildman–Crippen MR) is 278 cm³/mol. The first-order valence-electron chi connectivity index (χ1n) is 28.6. The molecule has 0 spiro atoms. The summed E-state index contributed by atoms with van der Waals surface area (Å²) in [5, 5.41) is 216. The monoisotopic (exact) mass is 1320 g/mol. The van der Waals surface area contributed by atoms with Crippen molar-refractivity contribution in [2.24, 2.45) is 0 Å². The van der Waals surface area contributed by atoms with Crippen molar-refractivity contribution in [1.29, 1.82) is 0 Å². The minimum atomic E-state index is -2.39. The lowest BCUT2D eigenvalue weighted by molar-refractivity contribution is -0.384. The Morgan fingerprint density at radius 1 is 0.289 bits per heavy atom. The summed E-state index contributed by atoms with van der Waals surface area (Å²) in [7, 11) is 0. The molecule has 1 unspecified atom stereocenters. The summed E-state index contributed by atoms with van der Waals surface area (Å²) < 4.78 is 75.9. The van der Waals surface area contributed by atoms with Crippen LogP contribution in [0.5, 0.6) is 0 Å².